The molecule has 40 heteroatoms. The minimum atomic E-state index is -1.44. The molecule has 5 aliphatic rings. The van der Waals surface area contributed by atoms with Crippen LogP contribution in [0.5, 0.6) is 46.0 Å². The van der Waals surface area contributed by atoms with E-state index in [4.69, 9.17) is 18.9 Å². The Hall–Kier alpha value is -16.8. The molecule has 4 heterocycles. The van der Waals surface area contributed by atoms with Crippen LogP contribution < -0.4 is 61.5 Å². The van der Waals surface area contributed by atoms with Crippen molar-refractivity contribution in [1.29, 1.82) is 0 Å². The number of carbonyl (C=O) groups is 12. The monoisotopic (exact) mass is 2000 g/mol. The Labute approximate surface area is 818 Å². The highest BCUT2D eigenvalue weighted by atomic mass is 19.2. The van der Waals surface area contributed by atoms with Crippen LogP contribution in [0.15, 0.2) is 219 Å². The Kier molecular flexibility index (Phi) is 32.2. The summed E-state index contributed by atoms with van der Waals surface area (Å²) in [4.78, 5) is 165. The number of nitrogens with one attached hydrogen (secondary N) is 8. The first kappa shape index (κ1) is 104. The zero-order valence-corrected chi connectivity index (χ0v) is 77.4. The Morgan fingerprint density at radius 3 is 0.766 bits per heavy atom. The topological polar surface area (TPSA) is 390 Å². The molecule has 8 N–H and O–H groups in total. The van der Waals surface area contributed by atoms with E-state index >= 15 is 0 Å². The fraction of sp³-hybridized carbons (Fsp3) is 0.238. The van der Waals surface area contributed by atoms with Gasteiger partial charge in [0.25, 0.3) is 0 Å². The first-order valence-corrected chi connectivity index (χ1v) is 45.2. The predicted molar refractivity (Wildman–Crippen MR) is 502 cm³/mol. The fourth-order valence-corrected chi connectivity index (χ4v) is 14.3. The normalized spacial score (nSPS) is 14.1. The van der Waals surface area contributed by atoms with E-state index in [2.05, 4.69) is 62.5 Å². The Balaban J connectivity index is 0.000000153. The van der Waals surface area contributed by atoms with Gasteiger partial charge in [-0.1, -0.05) is 20.8 Å². The van der Waals surface area contributed by atoms with Gasteiger partial charge in [-0.2, -0.15) is 0 Å². The summed E-state index contributed by atoms with van der Waals surface area (Å²) in [5, 5.41) is 19.3. The average Bonchev–Trinajstić information content (AvgIpc) is 1.62. The largest absolute Gasteiger partial charge is 0.454 e. The van der Waals surface area contributed by atoms with E-state index in [0.29, 0.717) is 51.9 Å². The van der Waals surface area contributed by atoms with Crippen molar-refractivity contribution in [2.24, 2.45) is 33.5 Å². The number of pyridine rings is 4. The molecule has 8 amide bonds. The number of rotatable bonds is 35. The predicted octanol–water partition coefficient (Wildman–Crippen LogP) is 20.5. The molecule has 748 valence electrons. The number of halogens is 12. The number of nitrogens with zero attached hydrogens (tertiary/aromatic N) is 4. The van der Waals surface area contributed by atoms with Crippen molar-refractivity contribution in [3.63, 3.8) is 0 Å². The smallest absolute Gasteiger partial charge is 0.240 e. The van der Waals surface area contributed by atoms with Crippen molar-refractivity contribution in [3.8, 4) is 46.0 Å². The molecule has 5 aliphatic carbocycles. The van der Waals surface area contributed by atoms with Gasteiger partial charge < -0.3 is 61.5 Å². The molecule has 5 fully saturated rings. The van der Waals surface area contributed by atoms with E-state index in [1.807, 2.05) is 0 Å². The molecule has 0 bridgehead atoms. The van der Waals surface area contributed by atoms with E-state index in [9.17, 15) is 110 Å². The number of ketones is 4. The van der Waals surface area contributed by atoms with E-state index in [0.717, 1.165) is 110 Å². The summed E-state index contributed by atoms with van der Waals surface area (Å²) in [6.45, 7) is 6.66. The van der Waals surface area contributed by atoms with E-state index in [1.165, 1.54) is 129 Å². The summed E-state index contributed by atoms with van der Waals surface area (Å²) in [7, 11) is 0. The number of aromatic nitrogens is 4. The Morgan fingerprint density at radius 1 is 0.303 bits per heavy atom. The van der Waals surface area contributed by atoms with E-state index < -0.39 is 184 Å². The fourth-order valence-electron chi connectivity index (χ4n) is 14.3. The van der Waals surface area contributed by atoms with Crippen LogP contribution in [-0.4, -0.2) is 90.3 Å². The van der Waals surface area contributed by atoms with Gasteiger partial charge in [-0.05, 0) is 192 Å². The van der Waals surface area contributed by atoms with Crippen LogP contribution in [0.25, 0.3) is 0 Å². The van der Waals surface area contributed by atoms with Crippen LogP contribution in [0.2, 0.25) is 0 Å². The van der Waals surface area contributed by atoms with Crippen LogP contribution in [0, 0.1) is 103 Å². The zero-order valence-electron chi connectivity index (χ0n) is 77.4. The van der Waals surface area contributed by atoms with Gasteiger partial charge in [0, 0.05) is 164 Å². The number of amides is 8. The summed E-state index contributed by atoms with van der Waals surface area (Å²) < 4.78 is 192. The molecule has 0 unspecified atom stereocenters. The van der Waals surface area contributed by atoms with Crippen molar-refractivity contribution in [2.75, 3.05) is 42.5 Å². The maximum Gasteiger partial charge on any atom is 0.240 e. The van der Waals surface area contributed by atoms with Gasteiger partial charge in [-0.25, -0.2) is 52.7 Å². The molecule has 12 aromatic rings. The molecule has 0 aliphatic heterocycles. The van der Waals surface area contributed by atoms with Crippen LogP contribution in [0.1, 0.15) is 121 Å². The third kappa shape index (κ3) is 26.9. The second kappa shape index (κ2) is 45.0. The molecule has 5 saturated carbocycles. The average molecular weight is 2000 g/mol. The number of ether oxygens (including phenoxy) is 4. The molecule has 0 saturated heterocycles. The summed E-state index contributed by atoms with van der Waals surface area (Å²) >= 11 is 0. The lowest BCUT2D eigenvalue weighted by Gasteiger charge is -2.16. The summed E-state index contributed by atoms with van der Waals surface area (Å²) in [6.07, 6.45) is 9.84. The standard InChI is InChI=1S/C27H22F3N3O4.C27H24F3N3O4.C26H22F3N3O4.C25H20F3N3O4/c28-16-3-5-17(6-4-16)32-25(35)27(8-9-27)26(36)33-22-13-21(30)24(14-20(22)29)37-19-7-10-31-18(11-19)12-23(34)15-1-2-15;1-15(2)23(34)12-18-11-19(7-10-31-18)37-24-14-20(29)22(13-21(24)30)33-26(36)27(8-9-27)25(35)32-17-5-3-16(28)4-6-17;1-2-18(33)11-17-12-19(7-10-30-17)36-23-14-20(28)22(13-21(23)29)32-25(35)26(8-9-26)24(34)31-16-5-3-15(27)4-6-16;1-14(32)10-17-11-18(6-9-29-17)35-22-13-19(27)21(12-20(22)28)31-24(34)25(7-8-25)23(33)30-16-4-2-15(26)3-5-16/h3-7,10-11,13-15H,1-2,8-9,12H2,(H,32,35)(H,33,36);3-7,10-11,13-15H,8-9,12H2,1-2H3,(H,32,35)(H,33,36);3-7,10,12-14H,2,8-9,11H2,1H3,(H,31,34)(H,32,35);2-6,9,11-13H,7-8,10H2,1H3,(H,30,33)(H,31,34). The van der Waals surface area contributed by atoms with Crippen molar-refractivity contribution in [1.82, 2.24) is 19.9 Å². The highest BCUT2D eigenvalue weighted by molar-refractivity contribution is 6.20. The van der Waals surface area contributed by atoms with Crippen LogP contribution >= 0.6 is 0 Å². The van der Waals surface area contributed by atoms with Gasteiger partial charge in [0.05, 0.1) is 45.5 Å². The van der Waals surface area contributed by atoms with Crippen molar-refractivity contribution in [2.45, 2.75) is 124 Å². The van der Waals surface area contributed by atoms with Gasteiger partial charge in [0.15, 0.2) is 69.5 Å². The quantitative estimate of drug-likeness (QED) is 0.0135. The maximum absolute atomic E-state index is 14.8. The Bertz CT molecular complexity index is 6830. The van der Waals surface area contributed by atoms with Crippen molar-refractivity contribution < 1.29 is 129 Å². The van der Waals surface area contributed by atoms with Crippen molar-refractivity contribution >= 4 is 116 Å². The second-order valence-corrected chi connectivity index (χ2v) is 35.0. The van der Waals surface area contributed by atoms with E-state index in [-0.39, 0.29) is 135 Å². The van der Waals surface area contributed by atoms with Gasteiger partial charge in [0.1, 0.15) is 91.1 Å². The van der Waals surface area contributed by atoms with Crippen LogP contribution in [0.4, 0.5) is 98.2 Å². The molecule has 4 aromatic heterocycles. The highest BCUT2D eigenvalue weighted by Gasteiger charge is 2.60. The van der Waals surface area contributed by atoms with Crippen molar-refractivity contribution in [3.05, 3.63) is 311 Å². The molecule has 0 radical (unpaired) electrons. The molecule has 0 spiro atoms. The summed E-state index contributed by atoms with van der Waals surface area (Å²) in [5.41, 5.74) is -4.59. The van der Waals surface area contributed by atoms with Gasteiger partial charge in [-0.15, -0.1) is 0 Å². The summed E-state index contributed by atoms with van der Waals surface area (Å²) in [6, 6.07) is 37.9. The molecule has 28 nitrogen and oxygen atoms in total. The minimum absolute atomic E-state index is 0.0262. The minimum Gasteiger partial charge on any atom is -0.454 e. The number of carbonyl (C=O) groups excluding carboxylic acids is 12. The van der Waals surface area contributed by atoms with E-state index in [1.54, 1.807) is 20.8 Å². The van der Waals surface area contributed by atoms with Crippen LogP contribution in [-0.2, 0) is 83.2 Å². The lowest BCUT2D eigenvalue weighted by molar-refractivity contribution is -0.132. The van der Waals surface area contributed by atoms with Gasteiger partial charge >= 0.3 is 0 Å². The zero-order chi connectivity index (χ0) is 104. The molecule has 8 aromatic carbocycles. The molecular weight excluding hydrogens is 1910 g/mol. The summed E-state index contributed by atoms with van der Waals surface area (Å²) in [5.74, 6) is -16.5. The highest BCUT2D eigenvalue weighted by Crippen LogP contribution is 2.52. The first-order valence-electron chi connectivity index (χ1n) is 45.2. The maximum atomic E-state index is 14.8. The molecule has 145 heavy (non-hydrogen) atoms. The van der Waals surface area contributed by atoms with Gasteiger partial charge in [-0.3, -0.25) is 77.5 Å². The second-order valence-electron chi connectivity index (χ2n) is 35.0. The molecular formula is C105H88F12N12O16. The lowest BCUT2D eigenvalue weighted by atomic mass is 10.0. The van der Waals surface area contributed by atoms with Gasteiger partial charge in [0.2, 0.25) is 47.3 Å². The van der Waals surface area contributed by atoms with Crippen LogP contribution in [0.3, 0.4) is 0 Å². The molecule has 0 atom stereocenters. The third-order valence-electron chi connectivity index (χ3n) is 23.6. The molecule has 17 rings (SSSR count). The number of anilines is 8. The number of hydrogen-bond acceptors (Lipinski definition) is 20. The Morgan fingerprint density at radius 2 is 0.538 bits per heavy atom. The first-order chi connectivity index (χ1) is 69.2. The third-order valence-corrected chi connectivity index (χ3v) is 23.6. The number of hydrogen-bond donors (Lipinski definition) is 8. The number of Topliss-reactive ketones (excluding diaryl/α,β-unsaturated/α-hetero) is 4. The lowest BCUT2D eigenvalue weighted by Crippen LogP contribution is -2.35. The SMILES string of the molecule is CC(=O)Cc1cc(Oc2cc(F)c(NC(=O)C3(C(=O)Nc4ccc(F)cc4)CC3)cc2F)ccn1.CC(C)C(=O)Cc1cc(Oc2cc(F)c(NC(=O)C3(C(=O)Nc4ccc(F)cc4)CC3)cc2F)ccn1.CCC(=O)Cc1cc(Oc2cc(F)c(NC(=O)C3(C(=O)Nc4ccc(F)cc4)CC3)cc2F)ccn1.O=C(Cc1cc(Oc2cc(F)c(NC(=O)C3(C(=O)Nc4ccc(F)cc4)CC3)cc2F)ccn1)C1CC1. The number of benzene rings is 8.